The number of esters is 1. The highest BCUT2D eigenvalue weighted by Crippen LogP contribution is 2.34. The molecular weight excluding hydrogens is 264 g/mol. The SMILES string of the molecule is COC(=O)C(O)c1c(C)ccc(Br)c1O. The van der Waals surface area contributed by atoms with Crippen LogP contribution in [0.2, 0.25) is 0 Å². The Bertz CT molecular complexity index is 389. The second-order valence-corrected chi connectivity index (χ2v) is 3.91. The number of hydrogen-bond donors (Lipinski definition) is 2. The molecule has 0 saturated heterocycles. The number of ether oxygens (including phenoxy) is 1. The second kappa shape index (κ2) is 4.63. The number of aliphatic hydroxyl groups excluding tert-OH is 1. The van der Waals surface area contributed by atoms with E-state index in [0.29, 0.717) is 10.0 Å². The van der Waals surface area contributed by atoms with Crippen molar-refractivity contribution in [3.05, 3.63) is 27.7 Å². The predicted octanol–water partition coefficient (Wildman–Crippen LogP) is 1.67. The van der Waals surface area contributed by atoms with Crippen LogP contribution in [0.4, 0.5) is 0 Å². The van der Waals surface area contributed by atoms with E-state index in [1.807, 2.05) is 0 Å². The maximum atomic E-state index is 11.1. The molecule has 0 heterocycles. The van der Waals surface area contributed by atoms with Crippen LogP contribution in [-0.2, 0) is 9.53 Å². The van der Waals surface area contributed by atoms with E-state index in [-0.39, 0.29) is 11.3 Å². The average Bonchev–Trinajstić information content (AvgIpc) is 2.22. The number of phenols is 1. The largest absolute Gasteiger partial charge is 0.506 e. The van der Waals surface area contributed by atoms with Gasteiger partial charge < -0.3 is 14.9 Å². The molecular formula is C10H11BrO4. The van der Waals surface area contributed by atoms with Crippen molar-refractivity contribution in [2.45, 2.75) is 13.0 Å². The van der Waals surface area contributed by atoms with Gasteiger partial charge in [0.25, 0.3) is 0 Å². The highest BCUT2D eigenvalue weighted by Gasteiger charge is 2.24. The molecule has 1 rings (SSSR count). The Morgan fingerprint density at radius 1 is 1.53 bits per heavy atom. The summed E-state index contributed by atoms with van der Waals surface area (Å²) in [5, 5.41) is 19.3. The van der Waals surface area contributed by atoms with Crippen LogP contribution in [0.15, 0.2) is 16.6 Å². The molecule has 1 aromatic rings. The van der Waals surface area contributed by atoms with Crippen molar-refractivity contribution in [3.8, 4) is 5.75 Å². The summed E-state index contributed by atoms with van der Waals surface area (Å²) in [4.78, 5) is 11.1. The first-order chi connectivity index (χ1) is 6.99. The summed E-state index contributed by atoms with van der Waals surface area (Å²) in [5.41, 5.74) is 0.782. The lowest BCUT2D eigenvalue weighted by Crippen LogP contribution is -2.14. The quantitative estimate of drug-likeness (QED) is 0.806. The molecule has 2 N–H and O–H groups in total. The molecule has 0 aliphatic rings. The number of rotatable bonds is 2. The van der Waals surface area contributed by atoms with Crippen molar-refractivity contribution in [2.24, 2.45) is 0 Å². The molecule has 0 aromatic heterocycles. The standard InChI is InChI=1S/C10H11BrO4/c1-5-3-4-6(11)8(12)7(5)9(13)10(14)15-2/h3-4,9,12-13H,1-2H3. The minimum absolute atomic E-state index is 0.145. The first-order valence-electron chi connectivity index (χ1n) is 4.23. The third-order valence-corrected chi connectivity index (χ3v) is 2.72. The second-order valence-electron chi connectivity index (χ2n) is 3.05. The summed E-state index contributed by atoms with van der Waals surface area (Å²) in [6.45, 7) is 1.69. The molecule has 0 amide bonds. The molecule has 0 aliphatic heterocycles. The Kier molecular flexibility index (Phi) is 3.71. The Balaban J connectivity index is 3.24. The summed E-state index contributed by atoms with van der Waals surface area (Å²) in [6, 6.07) is 3.32. The van der Waals surface area contributed by atoms with Crippen LogP contribution in [0.1, 0.15) is 17.2 Å². The highest BCUT2D eigenvalue weighted by atomic mass is 79.9. The van der Waals surface area contributed by atoms with Crippen molar-refractivity contribution < 1.29 is 19.7 Å². The zero-order valence-corrected chi connectivity index (χ0v) is 9.91. The van der Waals surface area contributed by atoms with Gasteiger partial charge in [0, 0.05) is 5.56 Å². The highest BCUT2D eigenvalue weighted by molar-refractivity contribution is 9.10. The molecule has 5 heteroatoms. The van der Waals surface area contributed by atoms with Crippen LogP contribution in [0.25, 0.3) is 0 Å². The summed E-state index contributed by atoms with van der Waals surface area (Å²) < 4.78 is 4.82. The molecule has 1 aromatic carbocycles. The van der Waals surface area contributed by atoms with Crippen LogP contribution < -0.4 is 0 Å². The minimum atomic E-state index is -1.47. The van der Waals surface area contributed by atoms with E-state index in [2.05, 4.69) is 20.7 Å². The van der Waals surface area contributed by atoms with E-state index in [4.69, 9.17) is 0 Å². The summed E-state index contributed by atoms with van der Waals surface area (Å²) in [5.74, 6) is -0.945. The first kappa shape index (κ1) is 12.0. The lowest BCUT2D eigenvalue weighted by atomic mass is 10.0. The molecule has 0 radical (unpaired) electrons. The molecule has 0 aliphatic carbocycles. The van der Waals surface area contributed by atoms with Gasteiger partial charge in [-0.2, -0.15) is 0 Å². The Hall–Kier alpha value is -1.07. The maximum absolute atomic E-state index is 11.1. The van der Waals surface area contributed by atoms with Crippen LogP contribution in [0.5, 0.6) is 5.75 Å². The number of carbonyl (C=O) groups excluding carboxylic acids is 1. The number of hydrogen-bond acceptors (Lipinski definition) is 4. The summed E-state index contributed by atoms with van der Waals surface area (Å²) in [6.07, 6.45) is -1.47. The normalized spacial score (nSPS) is 12.3. The van der Waals surface area contributed by atoms with Crippen molar-refractivity contribution in [3.63, 3.8) is 0 Å². The Labute approximate surface area is 95.6 Å². The van der Waals surface area contributed by atoms with Gasteiger partial charge in [-0.3, -0.25) is 0 Å². The fraction of sp³-hybridized carbons (Fsp3) is 0.300. The molecule has 15 heavy (non-hydrogen) atoms. The fourth-order valence-corrected chi connectivity index (χ4v) is 1.60. The van der Waals surface area contributed by atoms with Crippen molar-refractivity contribution >= 4 is 21.9 Å². The van der Waals surface area contributed by atoms with E-state index in [9.17, 15) is 15.0 Å². The monoisotopic (exact) mass is 274 g/mol. The van der Waals surface area contributed by atoms with Gasteiger partial charge in [0.05, 0.1) is 11.6 Å². The van der Waals surface area contributed by atoms with Gasteiger partial charge in [-0.1, -0.05) is 6.07 Å². The van der Waals surface area contributed by atoms with E-state index in [0.717, 1.165) is 0 Å². The zero-order valence-electron chi connectivity index (χ0n) is 8.32. The smallest absolute Gasteiger partial charge is 0.339 e. The van der Waals surface area contributed by atoms with Crippen LogP contribution in [-0.4, -0.2) is 23.3 Å². The third kappa shape index (κ3) is 2.30. The van der Waals surface area contributed by atoms with Crippen LogP contribution in [0.3, 0.4) is 0 Å². The molecule has 1 unspecified atom stereocenters. The molecule has 82 valence electrons. The molecule has 1 atom stereocenters. The van der Waals surface area contributed by atoms with E-state index < -0.39 is 12.1 Å². The van der Waals surface area contributed by atoms with Gasteiger partial charge in [-0.05, 0) is 34.5 Å². The number of phenolic OH excluding ortho intramolecular Hbond substituents is 1. The molecule has 0 fully saturated rings. The lowest BCUT2D eigenvalue weighted by molar-refractivity contribution is -0.150. The van der Waals surface area contributed by atoms with Crippen molar-refractivity contribution in [1.82, 2.24) is 0 Å². The first-order valence-corrected chi connectivity index (χ1v) is 5.02. The summed E-state index contributed by atoms with van der Waals surface area (Å²) >= 11 is 3.11. The van der Waals surface area contributed by atoms with Crippen molar-refractivity contribution in [2.75, 3.05) is 7.11 Å². The van der Waals surface area contributed by atoms with Crippen LogP contribution in [0, 0.1) is 6.92 Å². The Morgan fingerprint density at radius 2 is 2.13 bits per heavy atom. The van der Waals surface area contributed by atoms with Gasteiger partial charge in [-0.25, -0.2) is 4.79 Å². The van der Waals surface area contributed by atoms with Gasteiger partial charge >= 0.3 is 5.97 Å². The van der Waals surface area contributed by atoms with Gasteiger partial charge in [0.2, 0.25) is 0 Å². The molecule has 0 bridgehead atoms. The van der Waals surface area contributed by atoms with Crippen molar-refractivity contribution in [1.29, 1.82) is 0 Å². The van der Waals surface area contributed by atoms with E-state index >= 15 is 0 Å². The lowest BCUT2D eigenvalue weighted by Gasteiger charge is -2.14. The number of aromatic hydroxyl groups is 1. The summed E-state index contributed by atoms with van der Waals surface area (Å²) in [7, 11) is 1.18. The fourth-order valence-electron chi connectivity index (χ4n) is 1.26. The van der Waals surface area contributed by atoms with E-state index in [1.54, 1.807) is 19.1 Å². The van der Waals surface area contributed by atoms with Gasteiger partial charge in [0.15, 0.2) is 6.10 Å². The topological polar surface area (TPSA) is 66.8 Å². The number of aliphatic hydroxyl groups is 1. The minimum Gasteiger partial charge on any atom is -0.506 e. The Morgan fingerprint density at radius 3 is 2.67 bits per heavy atom. The molecule has 0 saturated carbocycles. The van der Waals surface area contributed by atoms with Gasteiger partial charge in [0.1, 0.15) is 5.75 Å². The molecule has 0 spiro atoms. The number of halogens is 1. The number of aryl methyl sites for hydroxylation is 1. The van der Waals surface area contributed by atoms with Gasteiger partial charge in [-0.15, -0.1) is 0 Å². The van der Waals surface area contributed by atoms with E-state index in [1.165, 1.54) is 7.11 Å². The number of methoxy groups -OCH3 is 1. The number of carbonyl (C=O) groups is 1. The predicted molar refractivity (Wildman–Crippen MR) is 57.5 cm³/mol. The van der Waals surface area contributed by atoms with Crippen LogP contribution >= 0.6 is 15.9 Å². The zero-order chi connectivity index (χ0) is 11.6. The third-order valence-electron chi connectivity index (χ3n) is 2.08. The molecule has 4 nitrogen and oxygen atoms in total. The number of benzene rings is 1. The maximum Gasteiger partial charge on any atom is 0.339 e. The average molecular weight is 275 g/mol.